The Hall–Kier alpha value is -0.580. The lowest BCUT2D eigenvalue weighted by molar-refractivity contribution is -0.174. The average molecular weight is 268 g/mol. The highest BCUT2D eigenvalue weighted by molar-refractivity contribution is 5.78. The van der Waals surface area contributed by atoms with Crippen LogP contribution in [-0.2, 0) is 9.53 Å². The van der Waals surface area contributed by atoms with Gasteiger partial charge in [0.25, 0.3) is 0 Å². The predicted octanol–water partition coefficient (Wildman–Crippen LogP) is 4.28. The summed E-state index contributed by atoms with van der Waals surface area (Å²) in [6, 6.07) is 0. The van der Waals surface area contributed by atoms with Crippen molar-refractivity contribution in [1.29, 1.82) is 0 Å². The van der Waals surface area contributed by atoms with E-state index in [4.69, 9.17) is 0 Å². The molecule has 0 aromatic carbocycles. The van der Waals surface area contributed by atoms with E-state index in [-0.39, 0.29) is 18.8 Å². The first-order chi connectivity index (χ1) is 8.45. The monoisotopic (exact) mass is 268 g/mol. The summed E-state index contributed by atoms with van der Waals surface area (Å²) in [5.41, 5.74) is 0. The van der Waals surface area contributed by atoms with Crippen LogP contribution in [0, 0.1) is 0 Å². The van der Waals surface area contributed by atoms with Crippen molar-refractivity contribution in [1.82, 2.24) is 0 Å². The largest absolute Gasteiger partial charge is 0.411 e. The molecule has 0 rings (SSSR count). The van der Waals surface area contributed by atoms with Crippen LogP contribution >= 0.6 is 0 Å². The number of ether oxygens (including phenoxy) is 1. The van der Waals surface area contributed by atoms with Gasteiger partial charge in [0.1, 0.15) is 12.4 Å². The van der Waals surface area contributed by atoms with Crippen LogP contribution in [0.2, 0.25) is 0 Å². The van der Waals surface area contributed by atoms with Crippen LogP contribution in [0.3, 0.4) is 0 Å². The van der Waals surface area contributed by atoms with Gasteiger partial charge in [-0.15, -0.1) is 0 Å². The molecule has 0 N–H and O–H groups in total. The minimum Gasteiger partial charge on any atom is -0.372 e. The molecule has 0 atom stereocenters. The first-order valence-electron chi connectivity index (χ1n) is 6.62. The average Bonchev–Trinajstić information content (AvgIpc) is 2.28. The van der Waals surface area contributed by atoms with Gasteiger partial charge >= 0.3 is 6.18 Å². The number of ketones is 1. The third-order valence-corrected chi connectivity index (χ3v) is 2.60. The zero-order valence-corrected chi connectivity index (χ0v) is 11.0. The van der Waals surface area contributed by atoms with Crippen molar-refractivity contribution in [2.75, 3.05) is 13.2 Å². The van der Waals surface area contributed by atoms with Crippen LogP contribution in [0.15, 0.2) is 0 Å². The number of alkyl halides is 3. The van der Waals surface area contributed by atoms with Gasteiger partial charge in [-0.1, -0.05) is 39.0 Å². The molecular weight excluding hydrogens is 245 g/mol. The normalized spacial score (nSPS) is 11.8. The number of unbranched alkanes of at least 4 members (excludes halogenated alkanes) is 5. The van der Waals surface area contributed by atoms with Crippen molar-refractivity contribution < 1.29 is 22.7 Å². The summed E-state index contributed by atoms with van der Waals surface area (Å²) < 4.78 is 39.5. The van der Waals surface area contributed by atoms with Gasteiger partial charge in [0.15, 0.2) is 0 Å². The van der Waals surface area contributed by atoms with Crippen molar-refractivity contribution in [2.45, 2.75) is 64.5 Å². The van der Waals surface area contributed by atoms with Gasteiger partial charge in [0, 0.05) is 12.8 Å². The molecule has 0 saturated heterocycles. The van der Waals surface area contributed by atoms with Crippen molar-refractivity contribution in [3.05, 3.63) is 0 Å². The highest BCUT2D eigenvalue weighted by Crippen LogP contribution is 2.14. The first kappa shape index (κ1) is 17.4. The molecule has 18 heavy (non-hydrogen) atoms. The fraction of sp³-hybridized carbons (Fsp3) is 0.923. The molecule has 0 fully saturated rings. The molecule has 0 bridgehead atoms. The number of halogens is 3. The van der Waals surface area contributed by atoms with Gasteiger partial charge in [-0.25, -0.2) is 0 Å². The topological polar surface area (TPSA) is 26.3 Å². The van der Waals surface area contributed by atoms with Gasteiger partial charge in [0.2, 0.25) is 0 Å². The molecule has 2 nitrogen and oxygen atoms in total. The third-order valence-electron chi connectivity index (χ3n) is 2.60. The lowest BCUT2D eigenvalue weighted by Gasteiger charge is -2.07. The molecule has 0 radical (unpaired) electrons. The van der Waals surface area contributed by atoms with Crippen molar-refractivity contribution in [2.24, 2.45) is 0 Å². The molecule has 0 amide bonds. The Labute approximate surface area is 107 Å². The Morgan fingerprint density at radius 2 is 1.61 bits per heavy atom. The second kappa shape index (κ2) is 10.4. The molecule has 0 aliphatic heterocycles. The van der Waals surface area contributed by atoms with E-state index in [1.54, 1.807) is 0 Å². The SMILES string of the molecule is CCCCCCCCC(=O)CCOCC(F)(F)F. The Bertz CT molecular complexity index is 215. The number of rotatable bonds is 11. The molecule has 0 aliphatic carbocycles. The molecule has 0 aliphatic rings. The van der Waals surface area contributed by atoms with Gasteiger partial charge in [-0.05, 0) is 6.42 Å². The highest BCUT2D eigenvalue weighted by Gasteiger charge is 2.27. The second-order valence-corrected chi connectivity index (χ2v) is 4.47. The number of carbonyl (C=O) groups excluding carboxylic acids is 1. The fourth-order valence-corrected chi connectivity index (χ4v) is 1.60. The fourth-order valence-electron chi connectivity index (χ4n) is 1.60. The maximum atomic E-state index is 11.7. The van der Waals surface area contributed by atoms with E-state index in [0.717, 1.165) is 19.3 Å². The Morgan fingerprint density at radius 1 is 1.00 bits per heavy atom. The molecule has 0 aromatic heterocycles. The quantitative estimate of drug-likeness (QED) is 0.523. The lowest BCUT2D eigenvalue weighted by Crippen LogP contribution is -2.18. The van der Waals surface area contributed by atoms with Gasteiger partial charge < -0.3 is 4.74 Å². The Morgan fingerprint density at radius 3 is 2.22 bits per heavy atom. The van der Waals surface area contributed by atoms with Crippen molar-refractivity contribution >= 4 is 5.78 Å². The van der Waals surface area contributed by atoms with Crippen LogP contribution in [0.1, 0.15) is 58.3 Å². The maximum absolute atomic E-state index is 11.7. The van der Waals surface area contributed by atoms with Crippen molar-refractivity contribution in [3.8, 4) is 0 Å². The first-order valence-corrected chi connectivity index (χ1v) is 6.62. The smallest absolute Gasteiger partial charge is 0.372 e. The number of Topliss-reactive ketones (excluding diaryl/α,β-unsaturated/α-hetero) is 1. The highest BCUT2D eigenvalue weighted by atomic mass is 19.4. The molecule has 0 spiro atoms. The predicted molar refractivity (Wildman–Crippen MR) is 64.5 cm³/mol. The summed E-state index contributed by atoms with van der Waals surface area (Å²) >= 11 is 0. The molecule has 108 valence electrons. The summed E-state index contributed by atoms with van der Waals surface area (Å²) in [7, 11) is 0. The Balaban J connectivity index is 3.28. The van der Waals surface area contributed by atoms with E-state index in [1.165, 1.54) is 19.3 Å². The molecule has 0 aromatic rings. The van der Waals surface area contributed by atoms with Crippen molar-refractivity contribution in [3.63, 3.8) is 0 Å². The Kier molecular flexibility index (Phi) is 10.0. The van der Waals surface area contributed by atoms with E-state index in [2.05, 4.69) is 11.7 Å². The zero-order chi connectivity index (χ0) is 13.9. The number of carbonyl (C=O) groups is 1. The molecule has 5 heteroatoms. The van der Waals surface area contributed by atoms with E-state index in [1.807, 2.05) is 0 Å². The van der Waals surface area contributed by atoms with Crippen LogP contribution in [0.5, 0.6) is 0 Å². The van der Waals surface area contributed by atoms with Gasteiger partial charge in [-0.3, -0.25) is 4.79 Å². The number of hydrogen-bond donors (Lipinski definition) is 0. The van der Waals surface area contributed by atoms with Gasteiger partial charge in [0.05, 0.1) is 6.61 Å². The molecule has 0 unspecified atom stereocenters. The zero-order valence-electron chi connectivity index (χ0n) is 11.0. The van der Waals surface area contributed by atoms with Crippen LogP contribution in [0.4, 0.5) is 13.2 Å². The summed E-state index contributed by atoms with van der Waals surface area (Å²) in [5, 5.41) is 0. The maximum Gasteiger partial charge on any atom is 0.411 e. The summed E-state index contributed by atoms with van der Waals surface area (Å²) in [6.07, 6.45) is 2.84. The second-order valence-electron chi connectivity index (χ2n) is 4.47. The lowest BCUT2D eigenvalue weighted by atomic mass is 10.1. The summed E-state index contributed by atoms with van der Waals surface area (Å²) in [5.74, 6) is -0.00679. The van der Waals surface area contributed by atoms with E-state index < -0.39 is 12.8 Å². The molecule has 0 saturated carbocycles. The summed E-state index contributed by atoms with van der Waals surface area (Å²) in [6.45, 7) is 0.746. The standard InChI is InChI=1S/C13H23F3O2/c1-2-3-4-5-6-7-8-12(17)9-10-18-11-13(14,15)16/h2-11H2,1H3. The van der Waals surface area contributed by atoms with E-state index in [0.29, 0.717) is 6.42 Å². The molecular formula is C13H23F3O2. The van der Waals surface area contributed by atoms with Crippen LogP contribution in [0.25, 0.3) is 0 Å². The van der Waals surface area contributed by atoms with Crippen LogP contribution < -0.4 is 0 Å². The third kappa shape index (κ3) is 13.5. The minimum absolute atomic E-state index is 0.00679. The summed E-state index contributed by atoms with van der Waals surface area (Å²) in [4.78, 5) is 11.3. The number of hydrogen-bond acceptors (Lipinski definition) is 2. The van der Waals surface area contributed by atoms with Crippen LogP contribution in [-0.4, -0.2) is 25.2 Å². The van der Waals surface area contributed by atoms with Gasteiger partial charge in [-0.2, -0.15) is 13.2 Å². The van der Waals surface area contributed by atoms with E-state index >= 15 is 0 Å². The van der Waals surface area contributed by atoms with E-state index in [9.17, 15) is 18.0 Å². The minimum atomic E-state index is -4.30. The molecule has 0 heterocycles.